The molecule has 4 aliphatic carbocycles. The average molecular weight is 224 g/mol. The van der Waals surface area contributed by atoms with Crippen LogP contribution in [-0.2, 0) is 9.47 Å². The summed E-state index contributed by atoms with van der Waals surface area (Å²) in [4.78, 5) is 0. The summed E-state index contributed by atoms with van der Waals surface area (Å²) in [6, 6.07) is 0. The fourth-order valence-corrected chi connectivity index (χ4v) is 4.67. The van der Waals surface area contributed by atoms with Crippen LogP contribution in [0.25, 0.3) is 0 Å². The lowest BCUT2D eigenvalue weighted by molar-refractivity contribution is -0.168. The molecule has 2 nitrogen and oxygen atoms in total. The normalized spacial score (nSPS) is 45.2. The van der Waals surface area contributed by atoms with Gasteiger partial charge < -0.3 is 9.47 Å². The summed E-state index contributed by atoms with van der Waals surface area (Å²) in [6.45, 7) is 4.44. The van der Waals surface area contributed by atoms with E-state index in [1.54, 1.807) is 0 Å². The first kappa shape index (κ1) is 11.0. The predicted molar refractivity (Wildman–Crippen MR) is 63.3 cm³/mol. The van der Waals surface area contributed by atoms with Crippen LogP contribution in [-0.4, -0.2) is 25.4 Å². The van der Waals surface area contributed by atoms with Crippen LogP contribution in [0, 0.1) is 17.8 Å². The van der Waals surface area contributed by atoms with Gasteiger partial charge in [0.1, 0.15) is 0 Å². The van der Waals surface area contributed by atoms with Gasteiger partial charge in [-0.05, 0) is 63.2 Å². The largest absolute Gasteiger partial charge is 0.379 e. The van der Waals surface area contributed by atoms with E-state index in [0.29, 0.717) is 0 Å². The third-order valence-corrected chi connectivity index (χ3v) is 4.82. The molecule has 0 aliphatic heterocycles. The van der Waals surface area contributed by atoms with Crippen LogP contribution < -0.4 is 0 Å². The van der Waals surface area contributed by atoms with Gasteiger partial charge in [0.25, 0.3) is 0 Å². The van der Waals surface area contributed by atoms with E-state index in [-0.39, 0.29) is 5.60 Å². The first-order chi connectivity index (χ1) is 7.80. The lowest BCUT2D eigenvalue weighted by Gasteiger charge is -2.56. The average Bonchev–Trinajstić information content (AvgIpc) is 2.22. The van der Waals surface area contributed by atoms with Crippen LogP contribution >= 0.6 is 0 Å². The highest BCUT2D eigenvalue weighted by atomic mass is 16.5. The van der Waals surface area contributed by atoms with Crippen molar-refractivity contribution in [2.24, 2.45) is 17.8 Å². The lowest BCUT2D eigenvalue weighted by Crippen LogP contribution is -2.52. The molecule has 0 aromatic heterocycles. The van der Waals surface area contributed by atoms with Gasteiger partial charge in [0.05, 0.1) is 18.8 Å². The van der Waals surface area contributed by atoms with Crippen LogP contribution in [0.15, 0.2) is 0 Å². The maximum atomic E-state index is 6.22. The Morgan fingerprint density at radius 1 is 0.938 bits per heavy atom. The Hall–Kier alpha value is -0.0800. The summed E-state index contributed by atoms with van der Waals surface area (Å²) in [5.41, 5.74) is 0.270. The SMILES string of the molecule is CCOCCOC12CC3CC(CC(C3)C1)C2. The van der Waals surface area contributed by atoms with Crippen molar-refractivity contribution in [2.45, 2.75) is 51.0 Å². The van der Waals surface area contributed by atoms with Gasteiger partial charge in [-0.15, -0.1) is 0 Å². The number of hydrogen-bond donors (Lipinski definition) is 0. The topological polar surface area (TPSA) is 18.5 Å². The molecule has 16 heavy (non-hydrogen) atoms. The highest BCUT2D eigenvalue weighted by molar-refractivity contribution is 5.03. The number of rotatable bonds is 5. The maximum Gasteiger partial charge on any atom is 0.0708 e. The Labute approximate surface area is 98.7 Å². The minimum Gasteiger partial charge on any atom is -0.379 e. The fraction of sp³-hybridized carbons (Fsp3) is 1.00. The van der Waals surface area contributed by atoms with Crippen LogP contribution in [0.3, 0.4) is 0 Å². The van der Waals surface area contributed by atoms with Crippen molar-refractivity contribution in [3.8, 4) is 0 Å². The van der Waals surface area contributed by atoms with Crippen LogP contribution in [0.5, 0.6) is 0 Å². The Bertz CT molecular complexity index is 214. The molecule has 0 saturated heterocycles. The van der Waals surface area contributed by atoms with Gasteiger partial charge in [-0.25, -0.2) is 0 Å². The van der Waals surface area contributed by atoms with Gasteiger partial charge in [0, 0.05) is 6.61 Å². The Morgan fingerprint density at radius 3 is 2.00 bits per heavy atom. The first-order valence-corrected chi connectivity index (χ1v) is 7.01. The zero-order chi connectivity index (χ0) is 11.0. The molecule has 0 aromatic carbocycles. The van der Waals surface area contributed by atoms with E-state index in [9.17, 15) is 0 Å². The second kappa shape index (κ2) is 4.30. The molecule has 4 rings (SSSR count). The van der Waals surface area contributed by atoms with E-state index in [1.165, 1.54) is 38.5 Å². The molecule has 0 aromatic rings. The number of ether oxygens (including phenoxy) is 2. The first-order valence-electron chi connectivity index (χ1n) is 7.01. The van der Waals surface area contributed by atoms with E-state index in [2.05, 4.69) is 0 Å². The second-order valence-electron chi connectivity index (χ2n) is 6.15. The van der Waals surface area contributed by atoms with E-state index in [0.717, 1.165) is 37.6 Å². The van der Waals surface area contributed by atoms with Crippen LogP contribution in [0.1, 0.15) is 45.4 Å². The quantitative estimate of drug-likeness (QED) is 0.668. The third kappa shape index (κ3) is 2.02. The highest BCUT2D eigenvalue weighted by Gasteiger charge is 2.51. The second-order valence-corrected chi connectivity index (χ2v) is 6.15. The molecule has 4 saturated carbocycles. The van der Waals surface area contributed by atoms with Crippen LogP contribution in [0.2, 0.25) is 0 Å². The third-order valence-electron chi connectivity index (χ3n) is 4.82. The lowest BCUT2D eigenvalue weighted by atomic mass is 9.54. The molecule has 92 valence electrons. The fourth-order valence-electron chi connectivity index (χ4n) is 4.67. The Morgan fingerprint density at radius 2 is 1.50 bits per heavy atom. The molecule has 0 radical (unpaired) electrons. The maximum absolute atomic E-state index is 6.22. The number of hydrogen-bond acceptors (Lipinski definition) is 2. The molecule has 0 atom stereocenters. The molecular weight excluding hydrogens is 200 g/mol. The van der Waals surface area contributed by atoms with Gasteiger partial charge in [-0.1, -0.05) is 0 Å². The van der Waals surface area contributed by atoms with E-state index >= 15 is 0 Å². The molecule has 4 fully saturated rings. The molecule has 4 bridgehead atoms. The monoisotopic (exact) mass is 224 g/mol. The van der Waals surface area contributed by atoms with E-state index in [1.807, 2.05) is 6.92 Å². The standard InChI is InChI=1S/C14H24O2/c1-2-15-3-4-16-14-8-11-5-12(9-14)7-13(6-11)10-14/h11-13H,2-10H2,1H3. The van der Waals surface area contributed by atoms with E-state index < -0.39 is 0 Å². The van der Waals surface area contributed by atoms with Crippen molar-refractivity contribution < 1.29 is 9.47 Å². The zero-order valence-corrected chi connectivity index (χ0v) is 10.4. The van der Waals surface area contributed by atoms with Crippen molar-refractivity contribution >= 4 is 0 Å². The summed E-state index contributed by atoms with van der Waals surface area (Å²) in [6.07, 6.45) is 8.50. The van der Waals surface area contributed by atoms with E-state index in [4.69, 9.17) is 9.47 Å². The molecule has 4 aliphatic rings. The minimum absolute atomic E-state index is 0.270. The molecule has 0 heterocycles. The van der Waals surface area contributed by atoms with Crippen molar-refractivity contribution in [1.29, 1.82) is 0 Å². The van der Waals surface area contributed by atoms with Crippen molar-refractivity contribution in [3.05, 3.63) is 0 Å². The van der Waals surface area contributed by atoms with Gasteiger partial charge in [0.2, 0.25) is 0 Å². The summed E-state index contributed by atoms with van der Waals surface area (Å²) < 4.78 is 11.6. The zero-order valence-electron chi connectivity index (χ0n) is 10.4. The molecule has 0 unspecified atom stereocenters. The van der Waals surface area contributed by atoms with Crippen LogP contribution in [0.4, 0.5) is 0 Å². The molecular formula is C14H24O2. The Kier molecular flexibility index (Phi) is 2.97. The molecule has 0 spiro atoms. The van der Waals surface area contributed by atoms with Crippen molar-refractivity contribution in [1.82, 2.24) is 0 Å². The molecule has 2 heteroatoms. The van der Waals surface area contributed by atoms with Crippen molar-refractivity contribution in [2.75, 3.05) is 19.8 Å². The highest BCUT2D eigenvalue weighted by Crippen LogP contribution is 2.56. The Balaban J connectivity index is 1.56. The smallest absolute Gasteiger partial charge is 0.0708 e. The minimum atomic E-state index is 0.270. The predicted octanol–water partition coefficient (Wildman–Crippen LogP) is 3.01. The summed E-state index contributed by atoms with van der Waals surface area (Å²) in [5, 5.41) is 0. The van der Waals surface area contributed by atoms with Gasteiger partial charge >= 0.3 is 0 Å². The summed E-state index contributed by atoms with van der Waals surface area (Å²) in [7, 11) is 0. The van der Waals surface area contributed by atoms with Gasteiger partial charge in [-0.2, -0.15) is 0 Å². The summed E-state index contributed by atoms with van der Waals surface area (Å²) in [5.74, 6) is 2.95. The molecule has 0 N–H and O–H groups in total. The van der Waals surface area contributed by atoms with Crippen molar-refractivity contribution in [3.63, 3.8) is 0 Å². The van der Waals surface area contributed by atoms with Gasteiger partial charge in [-0.3, -0.25) is 0 Å². The molecule has 0 amide bonds. The van der Waals surface area contributed by atoms with Gasteiger partial charge in [0.15, 0.2) is 0 Å². The summed E-state index contributed by atoms with van der Waals surface area (Å²) >= 11 is 0.